The van der Waals surface area contributed by atoms with Crippen molar-refractivity contribution in [2.24, 2.45) is 5.73 Å². The normalized spacial score (nSPS) is 10.7. The van der Waals surface area contributed by atoms with Gasteiger partial charge in [0.25, 0.3) is 0 Å². The molecule has 2 aromatic rings. The first-order chi connectivity index (χ1) is 9.97. The Balaban J connectivity index is 2.17. The molecule has 0 spiro atoms. The highest BCUT2D eigenvalue weighted by molar-refractivity contribution is 7.80. The molecule has 0 aliphatic rings. The van der Waals surface area contributed by atoms with E-state index in [9.17, 15) is 4.39 Å². The Hall–Kier alpha value is -1.94. The number of halogens is 1. The summed E-state index contributed by atoms with van der Waals surface area (Å²) in [5.74, 6) is 0.856. The van der Waals surface area contributed by atoms with Crippen LogP contribution in [0.15, 0.2) is 42.5 Å². The first kappa shape index (κ1) is 15.4. The smallest absolute Gasteiger partial charge is 0.123 e. The molecule has 4 heteroatoms. The fourth-order valence-corrected chi connectivity index (χ4v) is 2.22. The van der Waals surface area contributed by atoms with Crippen LogP contribution in [0.1, 0.15) is 36.5 Å². The average Bonchev–Trinajstić information content (AvgIpc) is 2.46. The Bertz CT molecular complexity index is 655. The average molecular weight is 303 g/mol. The van der Waals surface area contributed by atoms with Crippen LogP contribution in [0.2, 0.25) is 0 Å². The predicted molar refractivity (Wildman–Crippen MR) is 87.2 cm³/mol. The summed E-state index contributed by atoms with van der Waals surface area (Å²) >= 11 is 4.95. The number of thiocarbonyl (C=S) groups is 1. The van der Waals surface area contributed by atoms with E-state index in [0.717, 1.165) is 11.3 Å². The van der Waals surface area contributed by atoms with Gasteiger partial charge in [-0.1, -0.05) is 44.3 Å². The lowest BCUT2D eigenvalue weighted by molar-refractivity contribution is 0.305. The molecule has 0 radical (unpaired) electrons. The van der Waals surface area contributed by atoms with Crippen LogP contribution in [0, 0.1) is 5.82 Å². The summed E-state index contributed by atoms with van der Waals surface area (Å²) in [4.78, 5) is 0.170. The van der Waals surface area contributed by atoms with Gasteiger partial charge in [-0.15, -0.1) is 0 Å². The summed E-state index contributed by atoms with van der Waals surface area (Å²) in [6, 6.07) is 12.3. The van der Waals surface area contributed by atoms with E-state index < -0.39 is 0 Å². The van der Waals surface area contributed by atoms with Crippen molar-refractivity contribution in [3.63, 3.8) is 0 Å². The molecule has 0 heterocycles. The molecule has 0 atom stereocenters. The van der Waals surface area contributed by atoms with E-state index in [1.165, 1.54) is 17.7 Å². The molecule has 2 N–H and O–H groups in total. The van der Waals surface area contributed by atoms with Gasteiger partial charge >= 0.3 is 0 Å². The Morgan fingerprint density at radius 3 is 2.67 bits per heavy atom. The predicted octanol–water partition coefficient (Wildman–Crippen LogP) is 4.16. The molecule has 0 unspecified atom stereocenters. The van der Waals surface area contributed by atoms with Crippen LogP contribution >= 0.6 is 12.2 Å². The lowest BCUT2D eigenvalue weighted by Crippen LogP contribution is -2.14. The van der Waals surface area contributed by atoms with E-state index in [4.69, 9.17) is 22.7 Å². The largest absolute Gasteiger partial charge is 0.489 e. The van der Waals surface area contributed by atoms with E-state index in [-0.39, 0.29) is 10.8 Å². The zero-order chi connectivity index (χ0) is 15.4. The van der Waals surface area contributed by atoms with E-state index >= 15 is 0 Å². The molecule has 0 saturated heterocycles. The Morgan fingerprint density at radius 1 is 1.24 bits per heavy atom. The highest BCUT2D eigenvalue weighted by atomic mass is 32.1. The van der Waals surface area contributed by atoms with Crippen molar-refractivity contribution < 1.29 is 9.13 Å². The fraction of sp³-hybridized carbons (Fsp3) is 0.235. The quantitative estimate of drug-likeness (QED) is 0.842. The summed E-state index contributed by atoms with van der Waals surface area (Å²) in [6.07, 6.45) is 0. The number of nitrogens with two attached hydrogens (primary N) is 1. The third-order valence-electron chi connectivity index (χ3n) is 3.26. The molecule has 2 aromatic carbocycles. The van der Waals surface area contributed by atoms with Crippen LogP contribution in [-0.2, 0) is 6.61 Å². The zero-order valence-corrected chi connectivity index (χ0v) is 12.9. The summed E-state index contributed by atoms with van der Waals surface area (Å²) in [5, 5.41) is 0. The zero-order valence-electron chi connectivity index (χ0n) is 12.1. The monoisotopic (exact) mass is 303 g/mol. The molecule has 0 amide bonds. The minimum Gasteiger partial charge on any atom is -0.489 e. The number of hydrogen-bond acceptors (Lipinski definition) is 2. The molecule has 2 rings (SSSR count). The molecule has 0 bridgehead atoms. The third-order valence-corrected chi connectivity index (χ3v) is 3.48. The maximum Gasteiger partial charge on any atom is 0.123 e. The summed E-state index contributed by atoms with van der Waals surface area (Å²) in [5.41, 5.74) is 8.13. The highest BCUT2D eigenvalue weighted by Crippen LogP contribution is 2.21. The molecule has 0 fully saturated rings. The lowest BCUT2D eigenvalue weighted by Gasteiger charge is -2.12. The first-order valence-electron chi connectivity index (χ1n) is 6.78. The van der Waals surface area contributed by atoms with Crippen LogP contribution in [0.25, 0.3) is 0 Å². The standard InChI is InChI=1S/C17H18FNOS/c1-11(2)12-4-3-5-15(8-12)20-10-13-6-7-14(18)9-16(13)17(19)21/h3-9,11H,10H2,1-2H3,(H2,19,21). The van der Waals surface area contributed by atoms with Gasteiger partial charge in [0, 0.05) is 5.56 Å². The van der Waals surface area contributed by atoms with Gasteiger partial charge in [0.05, 0.1) is 0 Å². The van der Waals surface area contributed by atoms with Crippen molar-refractivity contribution in [1.29, 1.82) is 0 Å². The van der Waals surface area contributed by atoms with Gasteiger partial charge in [-0.3, -0.25) is 0 Å². The molecule has 0 saturated carbocycles. The van der Waals surface area contributed by atoms with E-state index in [0.29, 0.717) is 18.1 Å². The van der Waals surface area contributed by atoms with Gasteiger partial charge in [0.1, 0.15) is 23.2 Å². The minimum absolute atomic E-state index is 0.170. The number of hydrogen-bond donors (Lipinski definition) is 1. The fourth-order valence-electron chi connectivity index (χ4n) is 2.03. The SMILES string of the molecule is CC(C)c1cccc(OCc2ccc(F)cc2C(N)=S)c1. The molecular formula is C17H18FNOS. The van der Waals surface area contributed by atoms with Gasteiger partial charge in [0.2, 0.25) is 0 Å². The van der Waals surface area contributed by atoms with Gasteiger partial charge in [-0.2, -0.15) is 0 Å². The number of benzene rings is 2. The van der Waals surface area contributed by atoms with Crippen molar-refractivity contribution >= 4 is 17.2 Å². The number of rotatable bonds is 5. The second-order valence-electron chi connectivity index (χ2n) is 5.18. The Morgan fingerprint density at radius 2 is 2.00 bits per heavy atom. The number of ether oxygens (including phenoxy) is 1. The van der Waals surface area contributed by atoms with Gasteiger partial charge in [0.15, 0.2) is 0 Å². The maximum atomic E-state index is 13.3. The molecule has 0 aromatic heterocycles. The van der Waals surface area contributed by atoms with E-state index in [2.05, 4.69) is 19.9 Å². The molecular weight excluding hydrogens is 285 g/mol. The van der Waals surface area contributed by atoms with Crippen LogP contribution < -0.4 is 10.5 Å². The van der Waals surface area contributed by atoms with Crippen LogP contribution in [0.4, 0.5) is 4.39 Å². The van der Waals surface area contributed by atoms with Crippen molar-refractivity contribution in [1.82, 2.24) is 0 Å². The van der Waals surface area contributed by atoms with Crippen LogP contribution in [0.5, 0.6) is 5.75 Å². The second-order valence-corrected chi connectivity index (χ2v) is 5.62. The van der Waals surface area contributed by atoms with E-state index in [1.807, 2.05) is 18.2 Å². The van der Waals surface area contributed by atoms with Gasteiger partial charge < -0.3 is 10.5 Å². The van der Waals surface area contributed by atoms with Crippen molar-refractivity contribution in [2.45, 2.75) is 26.4 Å². The summed E-state index contributed by atoms with van der Waals surface area (Å²) in [7, 11) is 0. The van der Waals surface area contributed by atoms with Crippen LogP contribution in [0.3, 0.4) is 0 Å². The van der Waals surface area contributed by atoms with Crippen molar-refractivity contribution in [3.05, 3.63) is 65.0 Å². The second kappa shape index (κ2) is 6.68. The topological polar surface area (TPSA) is 35.2 Å². The molecule has 110 valence electrons. The molecule has 0 aliphatic heterocycles. The Kier molecular flexibility index (Phi) is 4.91. The van der Waals surface area contributed by atoms with Crippen molar-refractivity contribution in [2.75, 3.05) is 0 Å². The Labute approximate surface area is 129 Å². The van der Waals surface area contributed by atoms with E-state index in [1.54, 1.807) is 6.07 Å². The molecule has 21 heavy (non-hydrogen) atoms. The van der Waals surface area contributed by atoms with Crippen molar-refractivity contribution in [3.8, 4) is 5.75 Å². The van der Waals surface area contributed by atoms with Gasteiger partial charge in [-0.25, -0.2) is 4.39 Å². The van der Waals surface area contributed by atoms with Gasteiger partial charge in [-0.05, 0) is 41.3 Å². The first-order valence-corrected chi connectivity index (χ1v) is 7.19. The van der Waals surface area contributed by atoms with Crippen LogP contribution in [-0.4, -0.2) is 4.99 Å². The highest BCUT2D eigenvalue weighted by Gasteiger charge is 2.08. The molecule has 2 nitrogen and oxygen atoms in total. The third kappa shape index (κ3) is 4.02. The maximum absolute atomic E-state index is 13.3. The summed E-state index contributed by atoms with van der Waals surface area (Å²) < 4.78 is 19.0. The lowest BCUT2D eigenvalue weighted by atomic mass is 10.0. The minimum atomic E-state index is -0.358. The summed E-state index contributed by atoms with van der Waals surface area (Å²) in [6.45, 7) is 4.56. The molecule has 0 aliphatic carbocycles.